The molecule has 1 fully saturated rings. The fourth-order valence-corrected chi connectivity index (χ4v) is 4.91. The van der Waals surface area contributed by atoms with Gasteiger partial charge in [0.1, 0.15) is 11.7 Å². The van der Waals surface area contributed by atoms with E-state index in [2.05, 4.69) is 9.83 Å². The second kappa shape index (κ2) is 8.05. The fraction of sp³-hybridized carbons (Fsp3) is 0.304. The van der Waals surface area contributed by atoms with Crippen molar-refractivity contribution >= 4 is 17.3 Å². The molecule has 2 aliphatic rings. The molecule has 12 heteroatoms. The Morgan fingerprint density at radius 2 is 2.03 bits per heavy atom. The predicted molar refractivity (Wildman–Crippen MR) is 116 cm³/mol. The molecule has 4 heterocycles. The summed E-state index contributed by atoms with van der Waals surface area (Å²) in [5.74, 6) is -0.768. The number of alkyl halides is 3. The largest absolute Gasteiger partial charge is 0.494 e. The quantitative estimate of drug-likeness (QED) is 0.420. The van der Waals surface area contributed by atoms with Crippen molar-refractivity contribution in [2.75, 3.05) is 6.61 Å². The van der Waals surface area contributed by atoms with Crippen LogP contribution in [0.1, 0.15) is 35.6 Å². The van der Waals surface area contributed by atoms with Gasteiger partial charge >= 0.3 is 6.18 Å². The van der Waals surface area contributed by atoms with Crippen LogP contribution in [0.5, 0.6) is 17.6 Å². The number of ether oxygens (including phenoxy) is 2. The lowest BCUT2D eigenvalue weighted by Crippen LogP contribution is -2.28. The van der Waals surface area contributed by atoms with E-state index in [0.29, 0.717) is 17.0 Å². The number of nitrogens with zero attached hydrogens (tertiary/aromatic N) is 3. The Kier molecular flexibility index (Phi) is 5.36. The lowest BCUT2D eigenvalue weighted by molar-refractivity contribution is -0.136. The summed E-state index contributed by atoms with van der Waals surface area (Å²) in [6.07, 6.45) is -5.15. The van der Waals surface area contributed by atoms with E-state index in [1.165, 1.54) is 12.3 Å². The van der Waals surface area contributed by atoms with E-state index >= 15 is 0 Å². The summed E-state index contributed by atoms with van der Waals surface area (Å²) >= 11 is 5.81. The van der Waals surface area contributed by atoms with Crippen LogP contribution in [-0.4, -0.2) is 37.6 Å². The maximum atomic E-state index is 13.5. The molecule has 2 aromatic heterocycles. The molecular weight excluding hydrogens is 491 g/mol. The van der Waals surface area contributed by atoms with E-state index in [9.17, 15) is 28.5 Å². The van der Waals surface area contributed by atoms with Gasteiger partial charge in [0.2, 0.25) is 17.6 Å². The first kappa shape index (κ1) is 23.3. The maximum absolute atomic E-state index is 13.5. The molecule has 0 radical (unpaired) electrons. The lowest BCUT2D eigenvalue weighted by Gasteiger charge is -2.26. The molecule has 2 unspecified atom stereocenters. The average Bonchev–Trinajstić information content (AvgIpc) is 3.40. The number of rotatable bonds is 5. The summed E-state index contributed by atoms with van der Waals surface area (Å²) in [7, 11) is 0. The highest BCUT2D eigenvalue weighted by molar-refractivity contribution is 6.30. The highest BCUT2D eigenvalue weighted by atomic mass is 35.5. The Morgan fingerprint density at radius 1 is 1.26 bits per heavy atom. The van der Waals surface area contributed by atoms with Crippen molar-refractivity contribution in [2.45, 2.75) is 36.8 Å². The van der Waals surface area contributed by atoms with Crippen LogP contribution in [0.25, 0.3) is 10.5 Å². The highest BCUT2D eigenvalue weighted by Gasteiger charge is 2.59. The first-order valence-electron chi connectivity index (χ1n) is 10.4. The molecular formula is C23H17ClF3N3O5. The first-order chi connectivity index (χ1) is 16.6. The number of aromatic nitrogens is 2. The van der Waals surface area contributed by atoms with Crippen molar-refractivity contribution in [2.24, 2.45) is 0 Å². The van der Waals surface area contributed by atoms with Crippen LogP contribution in [0, 0.1) is 6.57 Å². The Bertz CT molecular complexity index is 1350. The second-order valence-corrected chi connectivity index (χ2v) is 8.74. The third-order valence-electron chi connectivity index (χ3n) is 6.26. The number of hydrogen-bond acceptors (Lipinski definition) is 6. The second-order valence-electron chi connectivity index (χ2n) is 8.30. The minimum atomic E-state index is -4.82. The van der Waals surface area contributed by atoms with E-state index in [1.54, 1.807) is 12.1 Å². The smallest absolute Gasteiger partial charge is 0.407 e. The van der Waals surface area contributed by atoms with Crippen molar-refractivity contribution < 1.29 is 38.0 Å². The number of pyridine rings is 1. The van der Waals surface area contributed by atoms with Gasteiger partial charge in [-0.25, -0.2) is 9.83 Å². The molecule has 1 saturated heterocycles. The van der Waals surface area contributed by atoms with Gasteiger partial charge in [-0.2, -0.15) is 13.2 Å². The van der Waals surface area contributed by atoms with Gasteiger partial charge in [-0.3, -0.25) is 4.57 Å². The lowest BCUT2D eigenvalue weighted by atomic mass is 9.81. The van der Waals surface area contributed by atoms with Crippen molar-refractivity contribution in [3.05, 3.63) is 69.7 Å². The molecule has 2 aliphatic heterocycles. The molecule has 3 N–H and O–H groups in total. The third-order valence-corrected chi connectivity index (χ3v) is 6.48. The SMILES string of the molecule is [C-]#[N+]c1ccc(-n2c(O)c3c(c2O)C2(CCOc4ccc(Cl)cn4)C[C@@H](O)C3O2)cc1C(F)(F)F. The Labute approximate surface area is 201 Å². The minimum absolute atomic E-state index is 0.0663. The van der Waals surface area contributed by atoms with Gasteiger partial charge in [0.05, 0.1) is 46.7 Å². The monoisotopic (exact) mass is 507 g/mol. The van der Waals surface area contributed by atoms with Gasteiger partial charge in [-0.1, -0.05) is 17.7 Å². The molecule has 3 aromatic rings. The van der Waals surface area contributed by atoms with Crippen LogP contribution in [0.15, 0.2) is 36.5 Å². The van der Waals surface area contributed by atoms with Gasteiger partial charge in [0.15, 0.2) is 5.69 Å². The van der Waals surface area contributed by atoms with Crippen LogP contribution < -0.4 is 4.74 Å². The molecule has 0 aliphatic carbocycles. The summed E-state index contributed by atoms with van der Waals surface area (Å²) in [4.78, 5) is 6.93. The summed E-state index contributed by atoms with van der Waals surface area (Å²) in [5, 5.41) is 32.9. The molecule has 0 spiro atoms. The molecule has 182 valence electrons. The van der Waals surface area contributed by atoms with Crippen LogP contribution in [0.3, 0.4) is 0 Å². The minimum Gasteiger partial charge on any atom is -0.494 e. The van der Waals surface area contributed by atoms with E-state index in [4.69, 9.17) is 27.6 Å². The fourth-order valence-electron chi connectivity index (χ4n) is 4.80. The summed E-state index contributed by atoms with van der Waals surface area (Å²) in [5.41, 5.74) is -2.95. The predicted octanol–water partition coefficient (Wildman–Crippen LogP) is 5.01. The van der Waals surface area contributed by atoms with E-state index < -0.39 is 47.0 Å². The Balaban J connectivity index is 1.52. The number of aromatic hydroxyl groups is 2. The number of halogens is 4. The molecule has 8 nitrogen and oxygen atoms in total. The topological polar surface area (TPSA) is 101 Å². The highest BCUT2D eigenvalue weighted by Crippen LogP contribution is 2.63. The van der Waals surface area contributed by atoms with E-state index in [-0.39, 0.29) is 36.3 Å². The number of aliphatic hydroxyl groups excluding tert-OH is 1. The average molecular weight is 508 g/mol. The molecule has 0 amide bonds. The number of aliphatic hydroxyl groups is 1. The first-order valence-corrected chi connectivity index (χ1v) is 10.8. The van der Waals surface area contributed by atoms with Gasteiger partial charge in [-0.15, -0.1) is 0 Å². The van der Waals surface area contributed by atoms with Crippen molar-refractivity contribution in [1.82, 2.24) is 9.55 Å². The zero-order chi connectivity index (χ0) is 25.1. The summed E-state index contributed by atoms with van der Waals surface area (Å²) in [6, 6.07) is 6.01. The maximum Gasteiger partial charge on any atom is 0.407 e. The van der Waals surface area contributed by atoms with Crippen molar-refractivity contribution in [3.63, 3.8) is 0 Å². The third kappa shape index (κ3) is 3.65. The van der Waals surface area contributed by atoms with E-state index in [1.807, 2.05) is 0 Å². The van der Waals surface area contributed by atoms with Crippen molar-refractivity contribution in [1.29, 1.82) is 0 Å². The molecule has 5 rings (SSSR count). The van der Waals surface area contributed by atoms with Crippen LogP contribution >= 0.6 is 11.6 Å². The van der Waals surface area contributed by atoms with Crippen LogP contribution in [0.2, 0.25) is 5.02 Å². The molecule has 35 heavy (non-hydrogen) atoms. The molecule has 1 aromatic carbocycles. The van der Waals surface area contributed by atoms with Gasteiger partial charge in [-0.05, 0) is 18.2 Å². The Hall–Kier alpha value is -3.46. The molecule has 0 saturated carbocycles. The Morgan fingerprint density at radius 3 is 2.69 bits per heavy atom. The van der Waals surface area contributed by atoms with Gasteiger partial charge in [0, 0.05) is 25.1 Å². The zero-order valence-electron chi connectivity index (χ0n) is 17.8. The van der Waals surface area contributed by atoms with Gasteiger partial charge in [0.25, 0.3) is 0 Å². The van der Waals surface area contributed by atoms with E-state index in [0.717, 1.165) is 10.6 Å². The summed E-state index contributed by atoms with van der Waals surface area (Å²) in [6.45, 7) is 7.07. The zero-order valence-corrected chi connectivity index (χ0v) is 18.5. The number of benzene rings is 1. The molecule has 3 atom stereocenters. The summed E-state index contributed by atoms with van der Waals surface area (Å²) < 4.78 is 52.9. The molecule has 2 bridgehead atoms. The van der Waals surface area contributed by atoms with Crippen LogP contribution in [0.4, 0.5) is 18.9 Å². The normalized spacial score (nSPS) is 22.7. The van der Waals surface area contributed by atoms with Gasteiger partial charge < -0.3 is 24.8 Å². The van der Waals surface area contributed by atoms with Crippen LogP contribution in [-0.2, 0) is 16.5 Å². The number of hydrogen-bond donors (Lipinski definition) is 3. The van der Waals surface area contributed by atoms with Crippen molar-refractivity contribution in [3.8, 4) is 23.3 Å². The number of fused-ring (bicyclic) bond motifs is 5. The standard InChI is InChI=1S/C23H17ClF3N3O5/c1-28-14-4-3-12(8-13(14)23(25,26)27)30-20(32)17-18(21(30)33)22(9-15(31)19(17)35-22)6-7-34-16-5-2-11(24)10-29-16/h2-5,8,10,15,19,31-33H,6-7,9H2/t15-,19?,22?/m1/s1.